The van der Waals surface area contributed by atoms with Crippen LogP contribution in [0.5, 0.6) is 0 Å². The summed E-state index contributed by atoms with van der Waals surface area (Å²) in [6.07, 6.45) is 104. The molecule has 6 nitrogen and oxygen atoms in total. The van der Waals surface area contributed by atoms with Crippen LogP contribution >= 0.6 is 0 Å². The van der Waals surface area contributed by atoms with Crippen molar-refractivity contribution in [1.82, 2.24) is 5.32 Å². The van der Waals surface area contributed by atoms with E-state index in [1.165, 1.54) is 392 Å². The summed E-state index contributed by atoms with van der Waals surface area (Å²) in [4.78, 5) is 24.7. The Bertz CT molecular complexity index is 1460. The maximum absolute atomic E-state index is 12.5. The Hall–Kier alpha value is -1.92. The van der Waals surface area contributed by atoms with Gasteiger partial charge in [-0.3, -0.25) is 9.59 Å². The van der Waals surface area contributed by atoms with Crippen molar-refractivity contribution in [2.75, 3.05) is 13.2 Å². The number of aliphatic hydroxyl groups is 2. The zero-order valence-corrected chi connectivity index (χ0v) is 61.1. The first-order chi connectivity index (χ1) is 44.5. The van der Waals surface area contributed by atoms with Crippen LogP contribution in [0.25, 0.3) is 0 Å². The van der Waals surface area contributed by atoms with E-state index in [1.807, 2.05) is 6.08 Å². The van der Waals surface area contributed by atoms with Gasteiger partial charge in [0.2, 0.25) is 5.91 Å². The van der Waals surface area contributed by atoms with E-state index in [4.69, 9.17) is 4.74 Å². The molecular weight excluding hydrogens is 1100 g/mol. The molecule has 0 fully saturated rings. The first-order valence-corrected chi connectivity index (χ1v) is 41.3. The van der Waals surface area contributed by atoms with Crippen LogP contribution in [0.4, 0.5) is 0 Å². The molecule has 0 radical (unpaired) electrons. The van der Waals surface area contributed by atoms with E-state index in [2.05, 4.69) is 43.5 Å². The number of carbonyl (C=O) groups is 2. The predicted molar refractivity (Wildman–Crippen MR) is 398 cm³/mol. The predicted octanol–water partition coefficient (Wildman–Crippen LogP) is 27.4. The first kappa shape index (κ1) is 88.1. The van der Waals surface area contributed by atoms with Gasteiger partial charge in [0.25, 0.3) is 0 Å². The third-order valence-electron chi connectivity index (χ3n) is 19.4. The lowest BCUT2D eigenvalue weighted by Gasteiger charge is -2.20. The second kappa shape index (κ2) is 79.5. The van der Waals surface area contributed by atoms with Gasteiger partial charge in [0.05, 0.1) is 25.4 Å². The Morgan fingerprint density at radius 1 is 0.311 bits per heavy atom. The molecule has 2 unspecified atom stereocenters. The fourth-order valence-corrected chi connectivity index (χ4v) is 13.1. The zero-order chi connectivity index (χ0) is 64.9. The Kier molecular flexibility index (Phi) is 77.8. The van der Waals surface area contributed by atoms with Gasteiger partial charge < -0.3 is 20.3 Å². The molecular formula is C84H161NO5. The van der Waals surface area contributed by atoms with Gasteiger partial charge in [0.15, 0.2) is 0 Å². The van der Waals surface area contributed by atoms with E-state index in [0.717, 1.165) is 44.9 Å². The van der Waals surface area contributed by atoms with Gasteiger partial charge in [0.1, 0.15) is 0 Å². The standard InChI is InChI=1S/C84H161NO5/c1-3-5-7-9-11-13-15-17-19-21-22-38-41-45-48-52-56-60-64-68-72-76-82(87)81(80-86)85-83(88)77-73-69-65-61-57-53-49-46-42-39-36-34-32-30-28-26-24-23-25-27-29-31-33-35-37-40-43-47-51-55-59-63-67-71-75-79-90-84(89)78-74-70-66-62-58-54-50-44-20-18-16-14-12-10-8-6-4-2/h25,27,31,33,72,76,81-82,86-87H,3-24,26,28-30,32,34-71,73-75,77-80H2,1-2H3,(H,85,88)/b27-25-,33-31-,76-72+. The van der Waals surface area contributed by atoms with Gasteiger partial charge in [0, 0.05) is 12.8 Å². The molecule has 6 heteroatoms. The van der Waals surface area contributed by atoms with Crippen LogP contribution in [0, 0.1) is 0 Å². The number of nitrogens with one attached hydrogen (secondary N) is 1. The van der Waals surface area contributed by atoms with Gasteiger partial charge in [-0.1, -0.05) is 423 Å². The number of amides is 1. The molecule has 0 aromatic carbocycles. The summed E-state index contributed by atoms with van der Waals surface area (Å²) in [6, 6.07) is -0.627. The van der Waals surface area contributed by atoms with Crippen molar-refractivity contribution in [2.24, 2.45) is 0 Å². The van der Waals surface area contributed by atoms with Crippen molar-refractivity contribution >= 4 is 11.9 Å². The van der Waals surface area contributed by atoms with Crippen molar-refractivity contribution in [3.8, 4) is 0 Å². The summed E-state index contributed by atoms with van der Waals surface area (Å²) in [7, 11) is 0. The second-order valence-corrected chi connectivity index (χ2v) is 28.5. The summed E-state index contributed by atoms with van der Waals surface area (Å²) in [5.74, 6) is -0.0396. The number of hydrogen-bond acceptors (Lipinski definition) is 5. The minimum absolute atomic E-state index is 0.0214. The number of unbranched alkanes of at least 4 members (excludes halogenated alkanes) is 63. The minimum atomic E-state index is -0.844. The Labute approximate surface area is 564 Å². The van der Waals surface area contributed by atoms with Crippen LogP contribution in [0.15, 0.2) is 36.5 Å². The van der Waals surface area contributed by atoms with E-state index in [1.54, 1.807) is 6.08 Å². The number of esters is 1. The molecule has 0 aliphatic carbocycles. The molecule has 2 atom stereocenters. The van der Waals surface area contributed by atoms with Crippen molar-refractivity contribution < 1.29 is 24.5 Å². The minimum Gasteiger partial charge on any atom is -0.466 e. The summed E-state index contributed by atoms with van der Waals surface area (Å²) in [5.41, 5.74) is 0. The lowest BCUT2D eigenvalue weighted by atomic mass is 10.0. The Morgan fingerprint density at radius 3 is 0.844 bits per heavy atom. The molecule has 0 aromatic heterocycles. The SMILES string of the molecule is CCCCCCCCCCCCCCCCCCCCC/C=C/C(O)C(CO)NC(=O)CCCCCCCCCCCCCCCCCCC/C=C\C/C=C\CCCCCCCCCCCCCOC(=O)CCCCCCCCCCCCCCCCCCC. The molecule has 532 valence electrons. The van der Waals surface area contributed by atoms with Crippen LogP contribution in [0.3, 0.4) is 0 Å². The third-order valence-corrected chi connectivity index (χ3v) is 19.4. The smallest absolute Gasteiger partial charge is 0.305 e. The molecule has 0 aliphatic heterocycles. The lowest BCUT2D eigenvalue weighted by Crippen LogP contribution is -2.45. The first-order valence-electron chi connectivity index (χ1n) is 41.3. The fourth-order valence-electron chi connectivity index (χ4n) is 13.1. The highest BCUT2D eigenvalue weighted by molar-refractivity contribution is 5.76. The number of aliphatic hydroxyl groups excluding tert-OH is 2. The highest BCUT2D eigenvalue weighted by Crippen LogP contribution is 2.20. The summed E-state index contributed by atoms with van der Waals surface area (Å²) in [5, 5.41) is 23.3. The van der Waals surface area contributed by atoms with Crippen LogP contribution < -0.4 is 5.32 Å². The molecule has 0 saturated carbocycles. The Balaban J connectivity index is 3.38. The quantitative estimate of drug-likeness (QED) is 0.0320. The van der Waals surface area contributed by atoms with Gasteiger partial charge >= 0.3 is 5.97 Å². The largest absolute Gasteiger partial charge is 0.466 e. The number of rotatable bonds is 78. The van der Waals surface area contributed by atoms with Crippen molar-refractivity contribution in [2.45, 2.75) is 475 Å². The zero-order valence-electron chi connectivity index (χ0n) is 61.1. The van der Waals surface area contributed by atoms with Gasteiger partial charge in [-0.05, 0) is 64.2 Å². The molecule has 90 heavy (non-hydrogen) atoms. The van der Waals surface area contributed by atoms with Crippen LogP contribution in [-0.2, 0) is 14.3 Å². The number of hydrogen-bond donors (Lipinski definition) is 3. The molecule has 0 aliphatic rings. The average Bonchev–Trinajstić information content (AvgIpc) is 3.60. The van der Waals surface area contributed by atoms with Crippen LogP contribution in [-0.4, -0.2) is 47.4 Å². The molecule has 0 heterocycles. The molecule has 0 spiro atoms. The van der Waals surface area contributed by atoms with Gasteiger partial charge in [-0.15, -0.1) is 0 Å². The summed E-state index contributed by atoms with van der Waals surface area (Å²) >= 11 is 0. The van der Waals surface area contributed by atoms with E-state index < -0.39 is 12.1 Å². The lowest BCUT2D eigenvalue weighted by molar-refractivity contribution is -0.143. The molecule has 0 rings (SSSR count). The Morgan fingerprint density at radius 2 is 0.556 bits per heavy atom. The highest BCUT2D eigenvalue weighted by Gasteiger charge is 2.18. The molecule has 0 bridgehead atoms. The number of carbonyl (C=O) groups excluding carboxylic acids is 2. The van der Waals surface area contributed by atoms with Crippen molar-refractivity contribution in [3.63, 3.8) is 0 Å². The monoisotopic (exact) mass is 1260 g/mol. The second-order valence-electron chi connectivity index (χ2n) is 28.5. The topological polar surface area (TPSA) is 95.9 Å². The molecule has 3 N–H and O–H groups in total. The normalized spacial score (nSPS) is 12.6. The maximum Gasteiger partial charge on any atom is 0.305 e. The molecule has 0 saturated heterocycles. The summed E-state index contributed by atoms with van der Waals surface area (Å²) < 4.78 is 5.51. The number of ether oxygens (including phenoxy) is 1. The van der Waals surface area contributed by atoms with E-state index in [0.29, 0.717) is 19.4 Å². The maximum atomic E-state index is 12.5. The summed E-state index contributed by atoms with van der Waals surface area (Å²) in [6.45, 7) is 4.96. The fraction of sp³-hybridized carbons (Fsp3) is 0.905. The van der Waals surface area contributed by atoms with E-state index in [-0.39, 0.29) is 18.5 Å². The van der Waals surface area contributed by atoms with Gasteiger partial charge in [-0.25, -0.2) is 0 Å². The average molecular weight is 1270 g/mol. The molecule has 0 aromatic rings. The number of allylic oxidation sites excluding steroid dienone is 5. The van der Waals surface area contributed by atoms with Crippen molar-refractivity contribution in [1.29, 1.82) is 0 Å². The van der Waals surface area contributed by atoms with Crippen molar-refractivity contribution in [3.05, 3.63) is 36.5 Å². The highest BCUT2D eigenvalue weighted by atomic mass is 16.5. The van der Waals surface area contributed by atoms with E-state index >= 15 is 0 Å². The van der Waals surface area contributed by atoms with E-state index in [9.17, 15) is 19.8 Å². The van der Waals surface area contributed by atoms with Crippen LogP contribution in [0.2, 0.25) is 0 Å². The van der Waals surface area contributed by atoms with Gasteiger partial charge in [-0.2, -0.15) is 0 Å². The third kappa shape index (κ3) is 75.1. The van der Waals surface area contributed by atoms with Crippen LogP contribution in [0.1, 0.15) is 463 Å². The molecule has 1 amide bonds.